The number of aromatic nitrogens is 2. The minimum atomic E-state index is -0.260. The maximum absolute atomic E-state index is 10.7. The van der Waals surface area contributed by atoms with Crippen LogP contribution in [0.15, 0.2) is 18.6 Å². The molecule has 0 atom stereocenters. The van der Waals surface area contributed by atoms with Gasteiger partial charge in [0.1, 0.15) is 12.1 Å². The van der Waals surface area contributed by atoms with Gasteiger partial charge in [-0.3, -0.25) is 4.79 Å². The summed E-state index contributed by atoms with van der Waals surface area (Å²) in [6.45, 7) is -0.0377. The average molecular weight is 152 g/mol. The van der Waals surface area contributed by atoms with Gasteiger partial charge in [0.15, 0.2) is 0 Å². The summed E-state index contributed by atoms with van der Waals surface area (Å²) in [5, 5.41) is 2.48. The second-order valence-electron chi connectivity index (χ2n) is 1.85. The zero-order chi connectivity index (χ0) is 8.10. The molecule has 0 bridgehead atoms. The maximum atomic E-state index is 10.7. The van der Waals surface area contributed by atoms with E-state index in [1.807, 2.05) is 0 Å². The van der Waals surface area contributed by atoms with Gasteiger partial charge >= 0.3 is 0 Å². The summed E-state index contributed by atoms with van der Waals surface area (Å²) < 4.78 is 0. The molecular formula is C6H8N4O. The van der Waals surface area contributed by atoms with Crippen LogP contribution in [0.4, 0.5) is 5.82 Å². The number of hydrogen-bond acceptors (Lipinski definition) is 4. The highest BCUT2D eigenvalue weighted by Crippen LogP contribution is 1.95. The number of amides is 1. The van der Waals surface area contributed by atoms with Gasteiger partial charge < -0.3 is 11.1 Å². The molecule has 1 rings (SSSR count). The molecule has 1 aromatic rings. The molecule has 0 radical (unpaired) electrons. The van der Waals surface area contributed by atoms with Crippen molar-refractivity contribution in [2.45, 2.75) is 0 Å². The highest BCUT2D eigenvalue weighted by atomic mass is 16.1. The van der Waals surface area contributed by atoms with Crippen LogP contribution in [0, 0.1) is 0 Å². The Kier molecular flexibility index (Phi) is 2.51. The number of nitrogens with two attached hydrogens (primary N) is 1. The molecule has 0 aliphatic rings. The fourth-order valence-electron chi connectivity index (χ4n) is 0.559. The van der Waals surface area contributed by atoms with Crippen molar-refractivity contribution >= 4 is 11.7 Å². The van der Waals surface area contributed by atoms with Crippen LogP contribution in [0.5, 0.6) is 0 Å². The first kappa shape index (κ1) is 7.62. The van der Waals surface area contributed by atoms with Crippen molar-refractivity contribution in [1.29, 1.82) is 0 Å². The quantitative estimate of drug-likeness (QED) is 0.591. The van der Waals surface area contributed by atoms with E-state index < -0.39 is 0 Å². The Labute approximate surface area is 63.7 Å². The monoisotopic (exact) mass is 152 g/mol. The number of anilines is 1. The van der Waals surface area contributed by atoms with Gasteiger partial charge in [-0.1, -0.05) is 0 Å². The molecule has 5 heteroatoms. The number of nitrogens with one attached hydrogen (secondary N) is 1. The van der Waals surface area contributed by atoms with E-state index in [2.05, 4.69) is 15.3 Å². The molecule has 58 valence electrons. The van der Waals surface area contributed by atoms with E-state index in [-0.39, 0.29) is 12.5 Å². The lowest BCUT2D eigenvalue weighted by atomic mass is 10.5. The highest BCUT2D eigenvalue weighted by Gasteiger charge is 1.97. The Morgan fingerprint density at radius 3 is 3.09 bits per heavy atom. The normalized spacial score (nSPS) is 9.18. The minimum absolute atomic E-state index is 0.0377. The molecule has 1 heterocycles. The number of carbonyl (C=O) groups is 1. The number of nitrogens with zero attached hydrogens (tertiary/aromatic N) is 2. The third-order valence-corrected chi connectivity index (χ3v) is 1.03. The average Bonchev–Trinajstić information content (AvgIpc) is 2.06. The minimum Gasteiger partial charge on any atom is -0.322 e. The number of rotatable bonds is 2. The lowest BCUT2D eigenvalue weighted by Crippen LogP contribution is -2.22. The summed E-state index contributed by atoms with van der Waals surface area (Å²) in [7, 11) is 0. The van der Waals surface area contributed by atoms with E-state index in [1.165, 1.54) is 6.33 Å². The van der Waals surface area contributed by atoms with Crippen molar-refractivity contribution in [3.05, 3.63) is 18.6 Å². The van der Waals surface area contributed by atoms with Crippen LogP contribution in [0.3, 0.4) is 0 Å². The molecular weight excluding hydrogens is 144 g/mol. The van der Waals surface area contributed by atoms with Crippen LogP contribution in [0.1, 0.15) is 0 Å². The maximum Gasteiger partial charge on any atom is 0.239 e. The predicted octanol–water partition coefficient (Wildman–Crippen LogP) is -0.626. The summed E-state index contributed by atoms with van der Waals surface area (Å²) in [6.07, 6.45) is 2.89. The van der Waals surface area contributed by atoms with Crippen LogP contribution in [0.25, 0.3) is 0 Å². The molecule has 0 unspecified atom stereocenters. The van der Waals surface area contributed by atoms with Gasteiger partial charge in [-0.25, -0.2) is 9.97 Å². The molecule has 0 saturated carbocycles. The molecule has 0 aromatic carbocycles. The largest absolute Gasteiger partial charge is 0.322 e. The lowest BCUT2D eigenvalue weighted by Gasteiger charge is -1.99. The fourth-order valence-corrected chi connectivity index (χ4v) is 0.559. The van der Waals surface area contributed by atoms with Gasteiger partial charge in [0.05, 0.1) is 6.54 Å². The Bertz CT molecular complexity index is 236. The standard InChI is InChI=1S/C6H8N4O/c7-3-6(11)10-5-1-2-8-4-9-5/h1-2,4H,3,7H2,(H,8,9,10,11). The molecule has 11 heavy (non-hydrogen) atoms. The van der Waals surface area contributed by atoms with Crippen molar-refractivity contribution in [3.63, 3.8) is 0 Å². The number of carbonyl (C=O) groups excluding carboxylic acids is 1. The van der Waals surface area contributed by atoms with Gasteiger partial charge in [-0.15, -0.1) is 0 Å². The third-order valence-electron chi connectivity index (χ3n) is 1.03. The van der Waals surface area contributed by atoms with Crippen molar-refractivity contribution in [2.24, 2.45) is 5.73 Å². The van der Waals surface area contributed by atoms with Crippen LogP contribution in [-0.2, 0) is 4.79 Å². The van der Waals surface area contributed by atoms with Crippen molar-refractivity contribution < 1.29 is 4.79 Å². The predicted molar refractivity (Wildman–Crippen MR) is 39.7 cm³/mol. The van der Waals surface area contributed by atoms with E-state index in [0.29, 0.717) is 5.82 Å². The van der Waals surface area contributed by atoms with Crippen LogP contribution in [0.2, 0.25) is 0 Å². The van der Waals surface area contributed by atoms with Crippen molar-refractivity contribution in [3.8, 4) is 0 Å². The second kappa shape index (κ2) is 3.62. The Balaban J connectivity index is 2.58. The Hall–Kier alpha value is -1.49. The SMILES string of the molecule is NCC(=O)Nc1ccncn1. The molecule has 1 aromatic heterocycles. The van der Waals surface area contributed by atoms with E-state index >= 15 is 0 Å². The molecule has 0 aliphatic heterocycles. The molecule has 5 nitrogen and oxygen atoms in total. The van der Waals surface area contributed by atoms with E-state index in [1.54, 1.807) is 12.3 Å². The summed E-state index contributed by atoms with van der Waals surface area (Å²) in [5.41, 5.74) is 5.06. The van der Waals surface area contributed by atoms with E-state index in [9.17, 15) is 4.79 Å². The smallest absolute Gasteiger partial charge is 0.239 e. The molecule has 1 amide bonds. The van der Waals surface area contributed by atoms with Gasteiger partial charge in [0.2, 0.25) is 5.91 Å². The summed E-state index contributed by atoms with van der Waals surface area (Å²) in [5.74, 6) is 0.208. The zero-order valence-electron chi connectivity index (χ0n) is 5.82. The lowest BCUT2D eigenvalue weighted by molar-refractivity contribution is -0.114. The van der Waals surface area contributed by atoms with Gasteiger partial charge in [0, 0.05) is 6.20 Å². The molecule has 0 fully saturated rings. The highest BCUT2D eigenvalue weighted by molar-refractivity contribution is 5.90. The van der Waals surface area contributed by atoms with Gasteiger partial charge in [-0.2, -0.15) is 0 Å². The molecule has 0 spiro atoms. The first-order valence-electron chi connectivity index (χ1n) is 3.09. The first-order valence-corrected chi connectivity index (χ1v) is 3.09. The topological polar surface area (TPSA) is 80.9 Å². The summed E-state index contributed by atoms with van der Waals surface area (Å²) in [6, 6.07) is 1.59. The van der Waals surface area contributed by atoms with E-state index in [4.69, 9.17) is 5.73 Å². The van der Waals surface area contributed by atoms with Crippen molar-refractivity contribution in [1.82, 2.24) is 9.97 Å². The van der Waals surface area contributed by atoms with Crippen molar-refractivity contribution in [2.75, 3.05) is 11.9 Å². The zero-order valence-corrected chi connectivity index (χ0v) is 5.82. The summed E-state index contributed by atoms with van der Waals surface area (Å²) >= 11 is 0. The first-order chi connectivity index (χ1) is 5.33. The van der Waals surface area contributed by atoms with Crippen LogP contribution >= 0.6 is 0 Å². The molecule has 0 saturated heterocycles. The van der Waals surface area contributed by atoms with Crippen LogP contribution < -0.4 is 11.1 Å². The van der Waals surface area contributed by atoms with Crippen LogP contribution in [-0.4, -0.2) is 22.4 Å². The van der Waals surface area contributed by atoms with Gasteiger partial charge in [0.25, 0.3) is 0 Å². The number of hydrogen-bond donors (Lipinski definition) is 2. The van der Waals surface area contributed by atoms with E-state index in [0.717, 1.165) is 0 Å². The Morgan fingerprint density at radius 1 is 1.73 bits per heavy atom. The molecule has 3 N–H and O–H groups in total. The van der Waals surface area contributed by atoms with Gasteiger partial charge in [-0.05, 0) is 6.07 Å². The fraction of sp³-hybridized carbons (Fsp3) is 0.167. The second-order valence-corrected chi connectivity index (χ2v) is 1.85. The molecule has 0 aliphatic carbocycles. The Morgan fingerprint density at radius 2 is 2.55 bits per heavy atom. The third kappa shape index (κ3) is 2.30. The summed E-state index contributed by atoms with van der Waals surface area (Å²) in [4.78, 5) is 18.1.